The van der Waals surface area contributed by atoms with Crippen molar-refractivity contribution < 1.29 is 9.15 Å². The van der Waals surface area contributed by atoms with Crippen molar-refractivity contribution in [2.75, 3.05) is 13.2 Å². The number of fused-ring (bicyclic) bond motifs is 1. The maximum atomic E-state index is 11.7. The van der Waals surface area contributed by atoms with Crippen LogP contribution in [0.1, 0.15) is 5.89 Å². The lowest BCUT2D eigenvalue weighted by Crippen LogP contribution is -2.08. The van der Waals surface area contributed by atoms with Crippen LogP contribution in [0.4, 0.5) is 0 Å². The predicted octanol–water partition coefficient (Wildman–Crippen LogP) is 1.98. The zero-order valence-electron chi connectivity index (χ0n) is 9.56. The average Bonchev–Trinajstić information content (AvgIpc) is 2.36. The van der Waals surface area contributed by atoms with E-state index in [-0.39, 0.29) is 5.15 Å². The Morgan fingerprint density at radius 2 is 2.39 bits per heavy atom. The summed E-state index contributed by atoms with van der Waals surface area (Å²) in [6.07, 6.45) is 3.51. The molecule has 2 heterocycles. The lowest BCUT2D eigenvalue weighted by Gasteiger charge is -2.02. The molecule has 0 aliphatic carbocycles. The van der Waals surface area contributed by atoms with Crippen molar-refractivity contribution in [1.82, 2.24) is 9.97 Å². The highest BCUT2D eigenvalue weighted by atomic mass is 35.5. The molecule has 2 aromatic rings. The summed E-state index contributed by atoms with van der Waals surface area (Å²) < 4.78 is 10.3. The van der Waals surface area contributed by atoms with Gasteiger partial charge in [-0.1, -0.05) is 17.7 Å². The molecule has 0 atom stereocenters. The third kappa shape index (κ3) is 2.94. The van der Waals surface area contributed by atoms with Gasteiger partial charge in [-0.2, -0.15) is 0 Å². The number of rotatable bonds is 5. The van der Waals surface area contributed by atoms with E-state index in [0.717, 1.165) is 0 Å². The second-order valence-electron chi connectivity index (χ2n) is 3.53. The highest BCUT2D eigenvalue weighted by Crippen LogP contribution is 2.12. The first kappa shape index (κ1) is 12.7. The average molecular weight is 267 g/mol. The topological polar surface area (TPSA) is 65.2 Å². The molecule has 94 valence electrons. The van der Waals surface area contributed by atoms with Gasteiger partial charge < -0.3 is 9.15 Å². The molecule has 0 N–H and O–H groups in total. The molecule has 0 aromatic carbocycles. The first-order valence-electron chi connectivity index (χ1n) is 5.34. The molecule has 18 heavy (non-hydrogen) atoms. The minimum atomic E-state index is -0.469. The molecule has 6 heteroatoms. The highest BCUT2D eigenvalue weighted by Gasteiger charge is 2.07. The Morgan fingerprint density at radius 1 is 1.56 bits per heavy atom. The van der Waals surface area contributed by atoms with Crippen LogP contribution in [0.15, 0.2) is 34.1 Å². The van der Waals surface area contributed by atoms with Crippen LogP contribution >= 0.6 is 11.6 Å². The summed E-state index contributed by atoms with van der Waals surface area (Å²) in [5.74, 6) is 0.320. The first-order valence-corrected chi connectivity index (χ1v) is 5.72. The van der Waals surface area contributed by atoms with Gasteiger partial charge in [0.1, 0.15) is 5.15 Å². The van der Waals surface area contributed by atoms with Crippen molar-refractivity contribution >= 4 is 22.5 Å². The number of hydrogen-bond acceptors (Lipinski definition) is 5. The summed E-state index contributed by atoms with van der Waals surface area (Å²) in [5, 5.41) is 0.560. The number of aromatic nitrogens is 2. The van der Waals surface area contributed by atoms with Crippen molar-refractivity contribution in [3.63, 3.8) is 0 Å². The van der Waals surface area contributed by atoms with Gasteiger partial charge in [-0.15, -0.1) is 6.58 Å². The molecule has 0 aliphatic rings. The van der Waals surface area contributed by atoms with Crippen LogP contribution in [0.25, 0.3) is 10.9 Å². The molecular formula is C12H11ClN2O3. The van der Waals surface area contributed by atoms with Crippen LogP contribution in [-0.4, -0.2) is 23.2 Å². The Morgan fingerprint density at radius 3 is 3.17 bits per heavy atom. The lowest BCUT2D eigenvalue weighted by molar-refractivity contribution is 0.159. The maximum absolute atomic E-state index is 11.7. The van der Waals surface area contributed by atoms with Crippen molar-refractivity contribution in [3.05, 3.63) is 46.4 Å². The van der Waals surface area contributed by atoms with Crippen molar-refractivity contribution in [2.24, 2.45) is 0 Å². The Hall–Kier alpha value is -1.72. The maximum Gasteiger partial charge on any atom is 0.346 e. The minimum absolute atomic E-state index is 0.235. The Labute approximate surface area is 108 Å². The molecule has 0 saturated carbocycles. The number of ether oxygens (including phenoxy) is 1. The molecule has 0 unspecified atom stereocenters. The normalized spacial score (nSPS) is 10.7. The molecule has 0 spiro atoms. The van der Waals surface area contributed by atoms with E-state index in [2.05, 4.69) is 16.5 Å². The summed E-state index contributed by atoms with van der Waals surface area (Å²) in [6, 6.07) is 1.44. The Bertz CT molecular complexity index is 624. The quantitative estimate of drug-likeness (QED) is 0.470. The van der Waals surface area contributed by atoms with Crippen LogP contribution in [0, 0.1) is 0 Å². The van der Waals surface area contributed by atoms with Gasteiger partial charge in [0.05, 0.1) is 30.3 Å². The number of halogens is 1. The zero-order chi connectivity index (χ0) is 13.0. The summed E-state index contributed by atoms with van der Waals surface area (Å²) in [6.45, 7) is 4.40. The fourth-order valence-corrected chi connectivity index (χ4v) is 1.59. The molecule has 0 aliphatic heterocycles. The largest absolute Gasteiger partial charge is 0.408 e. The molecule has 0 fully saturated rings. The molecule has 2 aromatic heterocycles. The molecular weight excluding hydrogens is 256 g/mol. The highest BCUT2D eigenvalue weighted by molar-refractivity contribution is 6.29. The first-order chi connectivity index (χ1) is 8.70. The van der Waals surface area contributed by atoms with E-state index in [1.807, 2.05) is 0 Å². The van der Waals surface area contributed by atoms with Crippen molar-refractivity contribution in [3.8, 4) is 0 Å². The van der Waals surface area contributed by atoms with Gasteiger partial charge in [0.2, 0.25) is 5.89 Å². The van der Waals surface area contributed by atoms with E-state index in [4.69, 9.17) is 20.8 Å². The third-order valence-corrected chi connectivity index (χ3v) is 2.43. The summed E-state index contributed by atoms with van der Waals surface area (Å²) in [7, 11) is 0. The SMILES string of the molecule is C=CCOCCc1nc2cnc(Cl)cc2c(=O)o1. The van der Waals surface area contributed by atoms with E-state index < -0.39 is 5.63 Å². The van der Waals surface area contributed by atoms with Gasteiger partial charge in [0.25, 0.3) is 0 Å². The van der Waals surface area contributed by atoms with Crippen LogP contribution < -0.4 is 5.63 Å². The standard InChI is InChI=1S/C12H11ClN2O3/c1-2-4-17-5-3-11-15-9-7-14-10(13)6-8(9)12(16)18-11/h2,6-7H,1,3-5H2. The van der Waals surface area contributed by atoms with E-state index in [9.17, 15) is 4.79 Å². The van der Waals surface area contributed by atoms with Gasteiger partial charge in [0.15, 0.2) is 0 Å². The van der Waals surface area contributed by atoms with Crippen LogP contribution in [0.3, 0.4) is 0 Å². The Balaban J connectivity index is 2.23. The molecule has 2 rings (SSSR count). The van der Waals surface area contributed by atoms with Gasteiger partial charge in [0, 0.05) is 6.42 Å². The second kappa shape index (κ2) is 5.75. The van der Waals surface area contributed by atoms with E-state index in [1.54, 1.807) is 6.08 Å². The van der Waals surface area contributed by atoms with Gasteiger partial charge in [-0.05, 0) is 6.07 Å². The monoisotopic (exact) mass is 266 g/mol. The summed E-state index contributed by atoms with van der Waals surface area (Å²) >= 11 is 5.70. The molecule has 0 amide bonds. The minimum Gasteiger partial charge on any atom is -0.408 e. The van der Waals surface area contributed by atoms with Crippen LogP contribution in [0.2, 0.25) is 5.15 Å². The van der Waals surface area contributed by atoms with E-state index in [0.29, 0.717) is 36.4 Å². The summed E-state index contributed by atoms with van der Waals surface area (Å²) in [4.78, 5) is 19.7. The van der Waals surface area contributed by atoms with Gasteiger partial charge in [-0.3, -0.25) is 0 Å². The van der Waals surface area contributed by atoms with E-state index in [1.165, 1.54) is 12.3 Å². The number of hydrogen-bond donors (Lipinski definition) is 0. The fourth-order valence-electron chi connectivity index (χ4n) is 1.43. The fraction of sp³-hybridized carbons (Fsp3) is 0.250. The van der Waals surface area contributed by atoms with Crippen LogP contribution in [0.5, 0.6) is 0 Å². The molecule has 0 radical (unpaired) electrons. The molecule has 0 saturated heterocycles. The molecule has 5 nitrogen and oxygen atoms in total. The van der Waals surface area contributed by atoms with Gasteiger partial charge in [-0.25, -0.2) is 14.8 Å². The second-order valence-corrected chi connectivity index (χ2v) is 3.92. The Kier molecular flexibility index (Phi) is 4.07. The summed E-state index contributed by atoms with van der Waals surface area (Å²) in [5.41, 5.74) is -0.00242. The van der Waals surface area contributed by atoms with Crippen molar-refractivity contribution in [1.29, 1.82) is 0 Å². The predicted molar refractivity (Wildman–Crippen MR) is 67.8 cm³/mol. The number of pyridine rings is 1. The number of nitrogens with zero attached hydrogens (tertiary/aromatic N) is 2. The zero-order valence-corrected chi connectivity index (χ0v) is 10.3. The third-order valence-electron chi connectivity index (χ3n) is 2.22. The van der Waals surface area contributed by atoms with E-state index >= 15 is 0 Å². The van der Waals surface area contributed by atoms with Crippen LogP contribution in [-0.2, 0) is 11.2 Å². The molecule has 0 bridgehead atoms. The lowest BCUT2D eigenvalue weighted by atomic mass is 10.3. The smallest absolute Gasteiger partial charge is 0.346 e. The van der Waals surface area contributed by atoms with Gasteiger partial charge >= 0.3 is 5.63 Å². The van der Waals surface area contributed by atoms with Crippen molar-refractivity contribution in [2.45, 2.75) is 6.42 Å².